The smallest absolute Gasteiger partial charge is 0.166 e. The van der Waals surface area contributed by atoms with E-state index in [0.29, 0.717) is 21.6 Å². The first-order chi connectivity index (χ1) is 8.06. The summed E-state index contributed by atoms with van der Waals surface area (Å²) in [6.45, 7) is 0. The van der Waals surface area contributed by atoms with Crippen molar-refractivity contribution >= 4 is 27.3 Å². The second-order valence-corrected chi connectivity index (χ2v) is 4.38. The van der Waals surface area contributed by atoms with Crippen LogP contribution in [0.1, 0.15) is 0 Å². The molecular formula is C12H10BrFN2O. The van der Waals surface area contributed by atoms with Crippen molar-refractivity contribution in [2.24, 2.45) is 0 Å². The predicted molar refractivity (Wildman–Crippen MR) is 69.4 cm³/mol. The lowest BCUT2D eigenvalue weighted by Crippen LogP contribution is -1.95. The zero-order chi connectivity index (χ0) is 12.4. The fourth-order valence-corrected chi connectivity index (χ4v) is 1.63. The monoisotopic (exact) mass is 296 g/mol. The normalized spacial score (nSPS) is 10.2. The molecule has 0 unspecified atom stereocenters. The molecule has 0 saturated heterocycles. The van der Waals surface area contributed by atoms with E-state index in [0.717, 1.165) is 0 Å². The molecule has 0 aliphatic carbocycles. The summed E-state index contributed by atoms with van der Waals surface area (Å²) in [5, 5.41) is 0. The second-order valence-electron chi connectivity index (χ2n) is 3.47. The summed E-state index contributed by atoms with van der Waals surface area (Å²) in [7, 11) is 0. The van der Waals surface area contributed by atoms with Crippen LogP contribution in [0.3, 0.4) is 0 Å². The molecule has 0 heterocycles. The fraction of sp³-hybridized carbons (Fsp3) is 0. The Bertz CT molecular complexity index is 560. The molecule has 17 heavy (non-hydrogen) atoms. The summed E-state index contributed by atoms with van der Waals surface area (Å²) in [5.41, 5.74) is 12.1. The summed E-state index contributed by atoms with van der Waals surface area (Å²) in [4.78, 5) is 0. The van der Waals surface area contributed by atoms with E-state index in [2.05, 4.69) is 15.9 Å². The molecule has 0 saturated carbocycles. The highest BCUT2D eigenvalue weighted by atomic mass is 79.9. The van der Waals surface area contributed by atoms with Crippen molar-refractivity contribution in [3.8, 4) is 11.5 Å². The topological polar surface area (TPSA) is 61.3 Å². The minimum absolute atomic E-state index is 0.136. The van der Waals surface area contributed by atoms with E-state index in [4.69, 9.17) is 16.2 Å². The van der Waals surface area contributed by atoms with E-state index in [1.54, 1.807) is 24.3 Å². The summed E-state index contributed by atoms with van der Waals surface area (Å²) < 4.78 is 19.5. The number of nitrogens with two attached hydrogens (primary N) is 2. The molecule has 0 spiro atoms. The van der Waals surface area contributed by atoms with E-state index in [-0.39, 0.29) is 5.75 Å². The van der Waals surface area contributed by atoms with Gasteiger partial charge in [0, 0.05) is 10.5 Å². The summed E-state index contributed by atoms with van der Waals surface area (Å²) in [6.07, 6.45) is 0. The van der Waals surface area contributed by atoms with E-state index in [1.165, 1.54) is 12.1 Å². The Labute approximate surface area is 106 Å². The molecule has 0 atom stereocenters. The average molecular weight is 297 g/mol. The third-order valence-corrected chi connectivity index (χ3v) is 2.67. The summed E-state index contributed by atoms with van der Waals surface area (Å²) in [6, 6.07) is 9.35. The zero-order valence-electron chi connectivity index (χ0n) is 8.78. The van der Waals surface area contributed by atoms with Crippen LogP contribution in [0.5, 0.6) is 11.5 Å². The Morgan fingerprint density at radius 3 is 2.41 bits per heavy atom. The van der Waals surface area contributed by atoms with Crippen LogP contribution in [0.2, 0.25) is 0 Å². The first-order valence-electron chi connectivity index (χ1n) is 4.84. The molecule has 4 N–H and O–H groups in total. The average Bonchev–Trinajstić information content (AvgIpc) is 2.27. The number of benzene rings is 2. The Morgan fingerprint density at radius 1 is 1.00 bits per heavy atom. The van der Waals surface area contributed by atoms with Gasteiger partial charge in [-0.3, -0.25) is 0 Å². The molecule has 0 fully saturated rings. The number of rotatable bonds is 2. The standard InChI is InChI=1S/C12H10BrFN2O/c13-7-1-4-12(9(14)5-7)17-8-2-3-10(15)11(16)6-8/h1-6H,15-16H2. The van der Waals surface area contributed by atoms with Crippen molar-refractivity contribution in [2.75, 3.05) is 11.5 Å². The van der Waals surface area contributed by atoms with Crippen molar-refractivity contribution in [1.82, 2.24) is 0 Å². The van der Waals surface area contributed by atoms with Gasteiger partial charge in [-0.2, -0.15) is 0 Å². The molecule has 0 radical (unpaired) electrons. The van der Waals surface area contributed by atoms with Crippen LogP contribution in [-0.2, 0) is 0 Å². The molecule has 0 aromatic heterocycles. The number of anilines is 2. The van der Waals surface area contributed by atoms with Gasteiger partial charge in [0.05, 0.1) is 11.4 Å². The second kappa shape index (κ2) is 4.63. The first-order valence-corrected chi connectivity index (χ1v) is 5.63. The van der Waals surface area contributed by atoms with Crippen molar-refractivity contribution < 1.29 is 9.13 Å². The van der Waals surface area contributed by atoms with Crippen LogP contribution in [0.4, 0.5) is 15.8 Å². The lowest BCUT2D eigenvalue weighted by molar-refractivity contribution is 0.442. The van der Waals surface area contributed by atoms with Crippen molar-refractivity contribution in [1.29, 1.82) is 0 Å². The summed E-state index contributed by atoms with van der Waals surface area (Å²) >= 11 is 3.17. The minimum Gasteiger partial charge on any atom is -0.454 e. The van der Waals surface area contributed by atoms with Crippen molar-refractivity contribution in [2.45, 2.75) is 0 Å². The van der Waals surface area contributed by atoms with Gasteiger partial charge in [-0.05, 0) is 30.3 Å². The third kappa shape index (κ3) is 2.68. The Morgan fingerprint density at radius 2 is 1.76 bits per heavy atom. The Hall–Kier alpha value is -1.75. The summed E-state index contributed by atoms with van der Waals surface area (Å²) in [5.74, 6) is 0.130. The number of hydrogen-bond donors (Lipinski definition) is 2. The van der Waals surface area contributed by atoms with E-state index < -0.39 is 5.82 Å². The van der Waals surface area contributed by atoms with Gasteiger partial charge in [0.15, 0.2) is 11.6 Å². The highest BCUT2D eigenvalue weighted by molar-refractivity contribution is 9.10. The lowest BCUT2D eigenvalue weighted by atomic mass is 10.2. The molecule has 0 bridgehead atoms. The maximum Gasteiger partial charge on any atom is 0.166 e. The number of nitrogen functional groups attached to an aromatic ring is 2. The van der Waals surface area contributed by atoms with Crippen LogP contribution in [0, 0.1) is 5.82 Å². The van der Waals surface area contributed by atoms with Gasteiger partial charge < -0.3 is 16.2 Å². The largest absolute Gasteiger partial charge is 0.454 e. The van der Waals surface area contributed by atoms with Crippen LogP contribution in [0.25, 0.3) is 0 Å². The van der Waals surface area contributed by atoms with Gasteiger partial charge in [-0.25, -0.2) is 4.39 Å². The van der Waals surface area contributed by atoms with Crippen LogP contribution >= 0.6 is 15.9 Å². The molecule has 3 nitrogen and oxygen atoms in total. The molecule has 2 aromatic carbocycles. The Balaban J connectivity index is 2.28. The molecule has 88 valence electrons. The highest BCUT2D eigenvalue weighted by Gasteiger charge is 2.06. The van der Waals surface area contributed by atoms with Gasteiger partial charge in [-0.15, -0.1) is 0 Å². The van der Waals surface area contributed by atoms with Crippen LogP contribution in [0.15, 0.2) is 40.9 Å². The van der Waals surface area contributed by atoms with Gasteiger partial charge in [-0.1, -0.05) is 15.9 Å². The van der Waals surface area contributed by atoms with Gasteiger partial charge >= 0.3 is 0 Å². The molecule has 0 amide bonds. The van der Waals surface area contributed by atoms with Crippen LogP contribution < -0.4 is 16.2 Å². The van der Waals surface area contributed by atoms with Gasteiger partial charge in [0.25, 0.3) is 0 Å². The maximum absolute atomic E-state index is 13.5. The lowest BCUT2D eigenvalue weighted by Gasteiger charge is -2.08. The van der Waals surface area contributed by atoms with Gasteiger partial charge in [0.1, 0.15) is 5.75 Å². The van der Waals surface area contributed by atoms with E-state index in [9.17, 15) is 4.39 Å². The molecule has 5 heteroatoms. The van der Waals surface area contributed by atoms with Gasteiger partial charge in [0.2, 0.25) is 0 Å². The molecular weight excluding hydrogens is 287 g/mol. The Kier molecular flexibility index (Phi) is 3.19. The number of halogens is 2. The zero-order valence-corrected chi connectivity index (χ0v) is 10.4. The minimum atomic E-state index is -0.449. The SMILES string of the molecule is Nc1ccc(Oc2ccc(Br)cc2F)cc1N. The van der Waals surface area contributed by atoms with Crippen molar-refractivity contribution in [3.05, 3.63) is 46.7 Å². The molecule has 2 rings (SSSR count). The van der Waals surface area contributed by atoms with Crippen molar-refractivity contribution in [3.63, 3.8) is 0 Å². The predicted octanol–water partition coefficient (Wildman–Crippen LogP) is 3.54. The number of ether oxygens (including phenoxy) is 1. The fourth-order valence-electron chi connectivity index (χ4n) is 1.30. The highest BCUT2D eigenvalue weighted by Crippen LogP contribution is 2.29. The quantitative estimate of drug-likeness (QED) is 0.833. The number of hydrogen-bond acceptors (Lipinski definition) is 3. The van der Waals surface area contributed by atoms with E-state index in [1.807, 2.05) is 0 Å². The third-order valence-electron chi connectivity index (χ3n) is 2.18. The first kappa shape index (κ1) is 11.7. The molecule has 0 aliphatic heterocycles. The molecule has 0 aliphatic rings. The van der Waals surface area contributed by atoms with E-state index >= 15 is 0 Å². The maximum atomic E-state index is 13.5. The molecule has 2 aromatic rings. The van der Waals surface area contributed by atoms with Crippen LogP contribution in [-0.4, -0.2) is 0 Å².